The molecule has 0 saturated heterocycles. The van der Waals surface area contributed by atoms with E-state index in [-0.39, 0.29) is 17.9 Å². The molecule has 1 aromatic carbocycles. The number of halogens is 1. The fourth-order valence-electron chi connectivity index (χ4n) is 2.03. The summed E-state index contributed by atoms with van der Waals surface area (Å²) in [6.07, 6.45) is 1.69. The molecular formula is C17H28BrN3O3S. The molecule has 0 amide bonds. The van der Waals surface area contributed by atoms with Gasteiger partial charge < -0.3 is 15.4 Å². The number of sulfone groups is 1. The van der Waals surface area contributed by atoms with E-state index in [0.29, 0.717) is 18.9 Å². The first kappa shape index (κ1) is 21.8. The van der Waals surface area contributed by atoms with Gasteiger partial charge in [0.15, 0.2) is 5.96 Å². The maximum atomic E-state index is 11.3. The van der Waals surface area contributed by atoms with Crippen molar-refractivity contribution in [3.63, 3.8) is 0 Å². The van der Waals surface area contributed by atoms with E-state index in [0.717, 1.165) is 16.8 Å². The molecule has 8 heteroatoms. The van der Waals surface area contributed by atoms with E-state index in [2.05, 4.69) is 31.6 Å². The topological polar surface area (TPSA) is 79.8 Å². The first-order valence-corrected chi connectivity index (χ1v) is 11.2. The molecule has 0 spiro atoms. The highest BCUT2D eigenvalue weighted by molar-refractivity contribution is 9.10. The maximum absolute atomic E-state index is 11.3. The fourth-order valence-corrected chi connectivity index (χ4v) is 3.19. The minimum absolute atomic E-state index is 0.00650. The van der Waals surface area contributed by atoms with Crippen molar-refractivity contribution in [1.29, 1.82) is 0 Å². The molecule has 0 radical (unpaired) electrons. The van der Waals surface area contributed by atoms with Crippen molar-refractivity contribution in [1.82, 2.24) is 10.6 Å². The number of ether oxygens (including phenoxy) is 1. The SMILES string of the molecule is CCNC(=NCC(C)Oc1ccccc1Br)NC(C)CCS(C)(=O)=O. The van der Waals surface area contributed by atoms with E-state index in [1.165, 1.54) is 6.26 Å². The Labute approximate surface area is 159 Å². The number of nitrogens with zero attached hydrogens (tertiary/aromatic N) is 1. The molecule has 2 N–H and O–H groups in total. The average molecular weight is 434 g/mol. The molecule has 0 aliphatic carbocycles. The second kappa shape index (κ2) is 10.7. The summed E-state index contributed by atoms with van der Waals surface area (Å²) in [7, 11) is -2.96. The summed E-state index contributed by atoms with van der Waals surface area (Å²) >= 11 is 3.46. The third-order valence-electron chi connectivity index (χ3n) is 3.32. The summed E-state index contributed by atoms with van der Waals surface area (Å²) in [4.78, 5) is 4.53. The minimum atomic E-state index is -2.96. The Kier molecular flexibility index (Phi) is 9.27. The molecule has 2 unspecified atom stereocenters. The van der Waals surface area contributed by atoms with Crippen molar-refractivity contribution >= 4 is 31.7 Å². The number of benzene rings is 1. The summed E-state index contributed by atoms with van der Waals surface area (Å²) in [6, 6.07) is 7.70. The van der Waals surface area contributed by atoms with Crippen LogP contribution in [-0.2, 0) is 9.84 Å². The number of para-hydroxylation sites is 1. The lowest BCUT2D eigenvalue weighted by molar-refractivity contribution is 0.228. The van der Waals surface area contributed by atoms with E-state index < -0.39 is 9.84 Å². The van der Waals surface area contributed by atoms with E-state index in [4.69, 9.17) is 4.74 Å². The zero-order valence-electron chi connectivity index (χ0n) is 15.3. The average Bonchev–Trinajstić information content (AvgIpc) is 2.52. The van der Waals surface area contributed by atoms with Crippen LogP contribution < -0.4 is 15.4 Å². The number of aliphatic imine (C=N–C) groups is 1. The zero-order chi connectivity index (χ0) is 18.9. The lowest BCUT2D eigenvalue weighted by atomic mass is 10.3. The van der Waals surface area contributed by atoms with Gasteiger partial charge in [-0.15, -0.1) is 0 Å². The molecule has 0 bridgehead atoms. The van der Waals surface area contributed by atoms with Crippen LogP contribution >= 0.6 is 15.9 Å². The summed E-state index contributed by atoms with van der Waals surface area (Å²) in [5.74, 6) is 1.60. The van der Waals surface area contributed by atoms with Crippen LogP contribution in [0, 0.1) is 0 Å². The summed E-state index contributed by atoms with van der Waals surface area (Å²) in [5.41, 5.74) is 0. The molecule has 25 heavy (non-hydrogen) atoms. The first-order valence-electron chi connectivity index (χ1n) is 8.35. The highest BCUT2D eigenvalue weighted by atomic mass is 79.9. The van der Waals surface area contributed by atoms with Gasteiger partial charge in [0.2, 0.25) is 0 Å². The number of hydrogen-bond donors (Lipinski definition) is 2. The molecular weight excluding hydrogens is 406 g/mol. The molecule has 6 nitrogen and oxygen atoms in total. The quantitative estimate of drug-likeness (QED) is 0.462. The van der Waals surface area contributed by atoms with Gasteiger partial charge >= 0.3 is 0 Å². The Morgan fingerprint density at radius 2 is 2.00 bits per heavy atom. The van der Waals surface area contributed by atoms with Crippen molar-refractivity contribution in [3.8, 4) is 5.75 Å². The number of nitrogens with one attached hydrogen (secondary N) is 2. The number of rotatable bonds is 9. The van der Waals surface area contributed by atoms with E-state index in [1.807, 2.05) is 45.0 Å². The second-order valence-corrected chi connectivity index (χ2v) is 9.16. The van der Waals surface area contributed by atoms with Gasteiger partial charge in [0.1, 0.15) is 21.7 Å². The van der Waals surface area contributed by atoms with Crippen LogP contribution in [0.25, 0.3) is 0 Å². The van der Waals surface area contributed by atoms with E-state index in [9.17, 15) is 8.42 Å². The molecule has 0 fully saturated rings. The highest BCUT2D eigenvalue weighted by Crippen LogP contribution is 2.24. The molecule has 2 atom stereocenters. The molecule has 0 aliphatic rings. The van der Waals surface area contributed by atoms with Crippen molar-refractivity contribution in [2.45, 2.75) is 39.3 Å². The lowest BCUT2D eigenvalue weighted by Gasteiger charge is -2.19. The van der Waals surface area contributed by atoms with Crippen LogP contribution in [-0.4, -0.2) is 51.6 Å². The Hall–Kier alpha value is -1.28. The maximum Gasteiger partial charge on any atom is 0.191 e. The zero-order valence-corrected chi connectivity index (χ0v) is 17.7. The molecule has 142 valence electrons. The molecule has 1 rings (SSSR count). The van der Waals surface area contributed by atoms with Gasteiger partial charge in [-0.25, -0.2) is 13.4 Å². The Bertz CT molecular complexity index is 665. The second-order valence-electron chi connectivity index (χ2n) is 6.04. The van der Waals surface area contributed by atoms with Crippen LogP contribution in [0.15, 0.2) is 33.7 Å². The lowest BCUT2D eigenvalue weighted by Crippen LogP contribution is -2.43. The first-order chi connectivity index (χ1) is 11.7. The summed E-state index contributed by atoms with van der Waals surface area (Å²) in [6.45, 7) is 7.09. The van der Waals surface area contributed by atoms with Gasteiger partial charge in [0.05, 0.1) is 16.8 Å². The van der Waals surface area contributed by atoms with Crippen molar-refractivity contribution in [2.75, 3.05) is 25.1 Å². The van der Waals surface area contributed by atoms with Crippen LogP contribution in [0.3, 0.4) is 0 Å². The third kappa shape index (κ3) is 9.69. The smallest absolute Gasteiger partial charge is 0.191 e. The Morgan fingerprint density at radius 3 is 2.60 bits per heavy atom. The molecule has 0 aromatic heterocycles. The Morgan fingerprint density at radius 1 is 1.32 bits per heavy atom. The van der Waals surface area contributed by atoms with Crippen LogP contribution in [0.5, 0.6) is 5.75 Å². The van der Waals surface area contributed by atoms with Crippen molar-refractivity contribution in [2.24, 2.45) is 4.99 Å². The van der Waals surface area contributed by atoms with Gasteiger partial charge in [-0.2, -0.15) is 0 Å². The molecule has 0 saturated carbocycles. The molecule has 0 heterocycles. The van der Waals surface area contributed by atoms with Crippen molar-refractivity contribution < 1.29 is 13.2 Å². The Balaban J connectivity index is 2.57. The normalized spacial score (nSPS) is 14.7. The van der Waals surface area contributed by atoms with Gasteiger partial charge in [-0.05, 0) is 55.3 Å². The summed E-state index contributed by atoms with van der Waals surface area (Å²) in [5, 5.41) is 6.40. The minimum Gasteiger partial charge on any atom is -0.488 e. The van der Waals surface area contributed by atoms with E-state index >= 15 is 0 Å². The van der Waals surface area contributed by atoms with Crippen molar-refractivity contribution in [3.05, 3.63) is 28.7 Å². The third-order valence-corrected chi connectivity index (χ3v) is 4.95. The predicted octanol–water partition coefficient (Wildman–Crippen LogP) is 2.59. The van der Waals surface area contributed by atoms with Crippen LogP contribution in [0.2, 0.25) is 0 Å². The number of guanidine groups is 1. The monoisotopic (exact) mass is 433 g/mol. The summed E-state index contributed by atoms with van der Waals surface area (Å²) < 4.78 is 29.3. The number of hydrogen-bond acceptors (Lipinski definition) is 4. The van der Waals surface area contributed by atoms with Gasteiger partial charge in [-0.1, -0.05) is 12.1 Å². The van der Waals surface area contributed by atoms with Gasteiger partial charge in [0.25, 0.3) is 0 Å². The molecule has 0 aliphatic heterocycles. The largest absolute Gasteiger partial charge is 0.488 e. The fraction of sp³-hybridized carbons (Fsp3) is 0.588. The van der Waals surface area contributed by atoms with E-state index in [1.54, 1.807) is 0 Å². The highest BCUT2D eigenvalue weighted by Gasteiger charge is 2.11. The van der Waals surface area contributed by atoms with Gasteiger partial charge in [-0.3, -0.25) is 0 Å². The van der Waals surface area contributed by atoms with Crippen LogP contribution in [0.1, 0.15) is 27.2 Å². The van der Waals surface area contributed by atoms with Crippen LogP contribution in [0.4, 0.5) is 0 Å². The standard InChI is InChI=1S/C17H28BrN3O3S/c1-5-19-17(21-13(2)10-11-25(4,22)23)20-12-14(3)24-16-9-7-6-8-15(16)18/h6-9,13-14H,5,10-12H2,1-4H3,(H2,19,20,21). The van der Waals surface area contributed by atoms with Gasteiger partial charge in [0, 0.05) is 18.8 Å². The predicted molar refractivity (Wildman–Crippen MR) is 107 cm³/mol. The molecule has 1 aromatic rings.